The maximum Gasteiger partial charge on any atom is 0.223 e. The van der Waals surface area contributed by atoms with Crippen LogP contribution in [0.2, 0.25) is 0 Å². The van der Waals surface area contributed by atoms with Gasteiger partial charge in [-0.25, -0.2) is 12.7 Å². The topological polar surface area (TPSA) is 66.5 Å². The molecule has 1 amide bonds. The van der Waals surface area contributed by atoms with Crippen LogP contribution in [0.3, 0.4) is 0 Å². The van der Waals surface area contributed by atoms with Gasteiger partial charge in [0.05, 0.1) is 6.26 Å². The Balaban J connectivity index is 1.61. The number of amides is 1. The molecule has 1 aliphatic heterocycles. The van der Waals surface area contributed by atoms with E-state index in [-0.39, 0.29) is 11.8 Å². The molecule has 0 bridgehead atoms. The third-order valence-corrected chi connectivity index (χ3v) is 6.61. The SMILES string of the molecule is Cc1ccc(SCCCNC(=O)C2CCN(S(C)(=O)=O)CC2)cc1. The van der Waals surface area contributed by atoms with Crippen LogP contribution in [0.15, 0.2) is 29.2 Å². The van der Waals surface area contributed by atoms with Crippen molar-refractivity contribution in [2.24, 2.45) is 5.92 Å². The Labute approximate surface area is 149 Å². The number of carbonyl (C=O) groups excluding carboxylic acids is 1. The lowest BCUT2D eigenvalue weighted by Crippen LogP contribution is -2.42. The quantitative estimate of drug-likeness (QED) is 0.591. The highest BCUT2D eigenvalue weighted by Crippen LogP contribution is 2.20. The van der Waals surface area contributed by atoms with Gasteiger partial charge in [-0.3, -0.25) is 4.79 Å². The summed E-state index contributed by atoms with van der Waals surface area (Å²) in [5, 5.41) is 2.98. The zero-order valence-corrected chi connectivity index (χ0v) is 16.0. The van der Waals surface area contributed by atoms with Gasteiger partial charge in [0, 0.05) is 30.4 Å². The van der Waals surface area contributed by atoms with Crippen molar-refractivity contribution in [3.8, 4) is 0 Å². The summed E-state index contributed by atoms with van der Waals surface area (Å²) in [6.07, 6.45) is 3.36. The molecule has 0 spiro atoms. The largest absolute Gasteiger partial charge is 0.356 e. The summed E-state index contributed by atoms with van der Waals surface area (Å²) in [6, 6.07) is 8.45. The number of nitrogens with one attached hydrogen (secondary N) is 1. The number of nitrogens with zero attached hydrogens (tertiary/aromatic N) is 1. The van der Waals surface area contributed by atoms with Gasteiger partial charge in [0.25, 0.3) is 0 Å². The number of hydrogen-bond donors (Lipinski definition) is 1. The second-order valence-corrected chi connectivity index (χ2v) is 9.39. The molecular weight excluding hydrogens is 344 g/mol. The smallest absolute Gasteiger partial charge is 0.223 e. The highest BCUT2D eigenvalue weighted by Gasteiger charge is 2.28. The standard InChI is InChI=1S/C17H26N2O3S2/c1-14-4-6-16(7-5-14)23-13-3-10-18-17(20)15-8-11-19(12-9-15)24(2,21)22/h4-7,15H,3,8-13H2,1-2H3,(H,18,20). The van der Waals surface area contributed by atoms with E-state index in [0.717, 1.165) is 12.2 Å². The molecule has 1 aliphatic rings. The van der Waals surface area contributed by atoms with Crippen LogP contribution < -0.4 is 5.32 Å². The number of carbonyl (C=O) groups is 1. The zero-order valence-electron chi connectivity index (χ0n) is 14.3. The van der Waals surface area contributed by atoms with Gasteiger partial charge in [0.1, 0.15) is 0 Å². The van der Waals surface area contributed by atoms with Gasteiger partial charge in [-0.05, 0) is 44.1 Å². The molecule has 0 saturated carbocycles. The Kier molecular flexibility index (Phi) is 7.13. The minimum absolute atomic E-state index is 0.0588. The summed E-state index contributed by atoms with van der Waals surface area (Å²) < 4.78 is 24.4. The first-order valence-corrected chi connectivity index (χ1v) is 11.1. The molecule has 0 unspecified atom stereocenters. The van der Waals surface area contributed by atoms with Gasteiger partial charge in [0.2, 0.25) is 15.9 Å². The van der Waals surface area contributed by atoms with Crippen LogP contribution in [0.1, 0.15) is 24.8 Å². The lowest BCUT2D eigenvalue weighted by Gasteiger charge is -2.29. The van der Waals surface area contributed by atoms with Crippen molar-refractivity contribution in [1.29, 1.82) is 0 Å². The molecule has 0 aromatic heterocycles. The molecule has 1 aromatic rings. The molecule has 1 heterocycles. The van der Waals surface area contributed by atoms with E-state index in [2.05, 4.69) is 36.5 Å². The number of hydrogen-bond acceptors (Lipinski definition) is 4. The molecule has 134 valence electrons. The molecule has 0 atom stereocenters. The first-order chi connectivity index (χ1) is 11.4. The van der Waals surface area contributed by atoms with E-state index >= 15 is 0 Å². The molecule has 0 radical (unpaired) electrons. The molecule has 24 heavy (non-hydrogen) atoms. The molecule has 7 heteroatoms. The first-order valence-electron chi connectivity index (χ1n) is 8.28. The molecular formula is C17H26N2O3S2. The van der Waals surface area contributed by atoms with Crippen LogP contribution in [0.4, 0.5) is 0 Å². The molecule has 1 aromatic carbocycles. The number of rotatable bonds is 7. The summed E-state index contributed by atoms with van der Waals surface area (Å²) >= 11 is 1.79. The van der Waals surface area contributed by atoms with Crippen molar-refractivity contribution in [3.05, 3.63) is 29.8 Å². The molecule has 1 fully saturated rings. The van der Waals surface area contributed by atoms with Crippen LogP contribution in [0.5, 0.6) is 0 Å². The summed E-state index contributed by atoms with van der Waals surface area (Å²) in [5.41, 5.74) is 1.26. The number of aryl methyl sites for hydroxylation is 1. The number of piperidine rings is 1. The van der Waals surface area contributed by atoms with E-state index < -0.39 is 10.0 Å². The lowest BCUT2D eigenvalue weighted by atomic mass is 9.97. The molecule has 0 aliphatic carbocycles. The van der Waals surface area contributed by atoms with E-state index in [1.165, 1.54) is 21.0 Å². The average Bonchev–Trinajstić information content (AvgIpc) is 2.55. The van der Waals surface area contributed by atoms with Crippen molar-refractivity contribution >= 4 is 27.7 Å². The summed E-state index contributed by atoms with van der Waals surface area (Å²) in [7, 11) is -3.13. The van der Waals surface area contributed by atoms with Crippen LogP contribution in [-0.4, -0.2) is 50.3 Å². The van der Waals surface area contributed by atoms with E-state index in [9.17, 15) is 13.2 Å². The average molecular weight is 371 g/mol. The summed E-state index contributed by atoms with van der Waals surface area (Å²) in [6.45, 7) is 3.63. The van der Waals surface area contributed by atoms with Gasteiger partial charge in [-0.2, -0.15) is 0 Å². The highest BCUT2D eigenvalue weighted by molar-refractivity contribution is 7.99. The maximum atomic E-state index is 12.1. The van der Waals surface area contributed by atoms with Gasteiger partial charge in [0.15, 0.2) is 0 Å². The van der Waals surface area contributed by atoms with Gasteiger partial charge in [-0.1, -0.05) is 17.7 Å². The van der Waals surface area contributed by atoms with Crippen LogP contribution in [0, 0.1) is 12.8 Å². The Hall–Kier alpha value is -1.05. The normalized spacial score (nSPS) is 16.9. The van der Waals surface area contributed by atoms with Gasteiger partial charge in [-0.15, -0.1) is 11.8 Å². The van der Waals surface area contributed by atoms with Gasteiger partial charge < -0.3 is 5.32 Å². The third kappa shape index (κ3) is 6.11. The molecule has 1 saturated heterocycles. The first kappa shape index (κ1) is 19.3. The predicted molar refractivity (Wildman–Crippen MR) is 98.7 cm³/mol. The summed E-state index contributed by atoms with van der Waals surface area (Å²) in [4.78, 5) is 13.4. The van der Waals surface area contributed by atoms with Crippen LogP contribution in [0.25, 0.3) is 0 Å². The zero-order chi connectivity index (χ0) is 17.6. The van der Waals surface area contributed by atoms with Crippen LogP contribution >= 0.6 is 11.8 Å². The maximum absolute atomic E-state index is 12.1. The fraction of sp³-hybridized carbons (Fsp3) is 0.588. The monoisotopic (exact) mass is 370 g/mol. The fourth-order valence-corrected chi connectivity index (χ4v) is 4.43. The number of sulfonamides is 1. The van der Waals surface area contributed by atoms with Crippen molar-refractivity contribution in [3.63, 3.8) is 0 Å². The minimum Gasteiger partial charge on any atom is -0.356 e. The molecule has 2 rings (SSSR count). The highest BCUT2D eigenvalue weighted by atomic mass is 32.2. The van der Waals surface area contributed by atoms with Gasteiger partial charge >= 0.3 is 0 Å². The Morgan fingerprint density at radius 2 is 1.88 bits per heavy atom. The predicted octanol–water partition coefficient (Wildman–Crippen LogP) is 2.27. The van der Waals surface area contributed by atoms with E-state index in [1.54, 1.807) is 11.8 Å². The molecule has 1 N–H and O–H groups in total. The van der Waals surface area contributed by atoms with Crippen LogP contribution in [-0.2, 0) is 14.8 Å². The summed E-state index contributed by atoms with van der Waals surface area (Å²) in [5.74, 6) is 0.965. The number of thioether (sulfide) groups is 1. The Morgan fingerprint density at radius 1 is 1.25 bits per heavy atom. The second-order valence-electron chi connectivity index (χ2n) is 6.24. The van der Waals surface area contributed by atoms with E-state index in [1.807, 2.05) is 0 Å². The Bertz CT molecular complexity index is 636. The van der Waals surface area contributed by atoms with E-state index in [0.29, 0.717) is 32.5 Å². The lowest BCUT2D eigenvalue weighted by molar-refractivity contribution is -0.126. The van der Waals surface area contributed by atoms with Crippen molar-refractivity contribution < 1.29 is 13.2 Å². The van der Waals surface area contributed by atoms with Crippen molar-refractivity contribution in [2.45, 2.75) is 31.1 Å². The second kappa shape index (κ2) is 8.87. The van der Waals surface area contributed by atoms with Crippen molar-refractivity contribution in [1.82, 2.24) is 9.62 Å². The number of benzene rings is 1. The fourth-order valence-electron chi connectivity index (χ4n) is 2.70. The third-order valence-electron chi connectivity index (χ3n) is 4.20. The van der Waals surface area contributed by atoms with Crippen molar-refractivity contribution in [2.75, 3.05) is 31.6 Å². The molecule has 5 nitrogen and oxygen atoms in total. The Morgan fingerprint density at radius 3 is 2.46 bits per heavy atom. The minimum atomic E-state index is -3.13. The van der Waals surface area contributed by atoms with E-state index in [4.69, 9.17) is 0 Å².